The van der Waals surface area contributed by atoms with E-state index in [1.807, 2.05) is 12.1 Å². The van der Waals surface area contributed by atoms with E-state index in [0.717, 1.165) is 42.1 Å². The molecule has 1 aliphatic heterocycles. The van der Waals surface area contributed by atoms with Gasteiger partial charge in [-0.1, -0.05) is 6.07 Å². The van der Waals surface area contributed by atoms with Crippen molar-refractivity contribution >= 4 is 11.0 Å². The van der Waals surface area contributed by atoms with E-state index < -0.39 is 0 Å². The zero-order valence-electron chi connectivity index (χ0n) is 16.0. The molecule has 0 aliphatic carbocycles. The Morgan fingerprint density at radius 2 is 2.11 bits per heavy atom. The minimum atomic E-state index is 0.470. The fraction of sp³-hybridized carbons (Fsp3) is 0.429. The number of hydrogen-bond acceptors (Lipinski definition) is 5. The Hall–Kier alpha value is -2.44. The van der Waals surface area contributed by atoms with Gasteiger partial charge in [-0.3, -0.25) is 4.90 Å². The van der Waals surface area contributed by atoms with Gasteiger partial charge in [0.15, 0.2) is 0 Å². The number of nitrogens with zero attached hydrogens (tertiary/aromatic N) is 3. The average Bonchev–Trinajstić information content (AvgIpc) is 3.16. The smallest absolute Gasteiger partial charge is 0.224 e. The van der Waals surface area contributed by atoms with Gasteiger partial charge in [0.05, 0.1) is 23.7 Å². The van der Waals surface area contributed by atoms with Crippen LogP contribution in [-0.2, 0) is 0 Å². The number of ether oxygens (including phenoxy) is 1. The zero-order valence-corrected chi connectivity index (χ0v) is 16.0. The lowest BCUT2D eigenvalue weighted by atomic mass is 9.89. The highest BCUT2D eigenvalue weighted by molar-refractivity contribution is 5.81. The molecule has 0 bridgehead atoms. The fourth-order valence-electron chi connectivity index (χ4n) is 3.97. The van der Waals surface area contributed by atoms with Crippen LogP contribution >= 0.6 is 0 Å². The number of fused-ring (bicyclic) bond motifs is 1. The van der Waals surface area contributed by atoms with Crippen molar-refractivity contribution < 1.29 is 4.74 Å². The lowest BCUT2D eigenvalue weighted by molar-refractivity contribution is 0.165. The Morgan fingerprint density at radius 3 is 2.85 bits per heavy atom. The summed E-state index contributed by atoms with van der Waals surface area (Å²) < 4.78 is 5.37. The van der Waals surface area contributed by atoms with Crippen LogP contribution < -0.4 is 10.5 Å². The predicted octanol–water partition coefficient (Wildman–Crippen LogP) is 3.16. The first-order chi connectivity index (χ1) is 13.2. The molecule has 0 radical (unpaired) electrons. The summed E-state index contributed by atoms with van der Waals surface area (Å²) in [5.41, 5.74) is 10.1. The van der Waals surface area contributed by atoms with Crippen LogP contribution in [0.25, 0.3) is 22.4 Å². The van der Waals surface area contributed by atoms with Gasteiger partial charge in [0.25, 0.3) is 0 Å². The molecule has 1 atom stereocenters. The minimum Gasteiger partial charge on any atom is -0.480 e. The molecule has 0 spiro atoms. The lowest BCUT2D eigenvalue weighted by Crippen LogP contribution is -2.43. The molecule has 0 amide bonds. The van der Waals surface area contributed by atoms with Gasteiger partial charge in [-0.05, 0) is 68.6 Å². The topological polar surface area (TPSA) is 80.1 Å². The van der Waals surface area contributed by atoms with Crippen LogP contribution in [0.1, 0.15) is 31.2 Å². The molecule has 6 nitrogen and oxygen atoms in total. The number of nitrogens with two attached hydrogens (primary N) is 1. The second-order valence-electron chi connectivity index (χ2n) is 7.32. The van der Waals surface area contributed by atoms with Crippen LogP contribution in [0, 0.1) is 0 Å². The Morgan fingerprint density at radius 1 is 1.30 bits per heavy atom. The van der Waals surface area contributed by atoms with Crippen molar-refractivity contribution in [2.24, 2.45) is 5.73 Å². The Kier molecular flexibility index (Phi) is 5.09. The first kappa shape index (κ1) is 17.9. The first-order valence-electron chi connectivity index (χ1n) is 9.62. The van der Waals surface area contributed by atoms with E-state index in [4.69, 9.17) is 15.5 Å². The number of H-pyrrole nitrogens is 1. The maximum absolute atomic E-state index is 5.82. The van der Waals surface area contributed by atoms with E-state index in [0.29, 0.717) is 17.8 Å². The van der Waals surface area contributed by atoms with Gasteiger partial charge < -0.3 is 15.5 Å². The van der Waals surface area contributed by atoms with Crippen molar-refractivity contribution in [3.05, 3.63) is 42.1 Å². The molecular weight excluding hydrogens is 338 g/mol. The number of pyridine rings is 1. The standard InChI is InChI=1S/C21H27N5O/c1-14(13-22)26-10-7-15(8-11-26)16-5-6-18-19(12-16)25-20(24-18)17-4-3-9-23-21(17)27-2/h3-6,9,12,14-15H,7-8,10-11,13,22H2,1-2H3,(H,24,25). The van der Waals surface area contributed by atoms with Gasteiger partial charge in [-0.15, -0.1) is 0 Å². The minimum absolute atomic E-state index is 0.470. The highest BCUT2D eigenvalue weighted by Crippen LogP contribution is 2.32. The summed E-state index contributed by atoms with van der Waals surface area (Å²) in [5.74, 6) is 1.96. The van der Waals surface area contributed by atoms with E-state index in [9.17, 15) is 0 Å². The van der Waals surface area contributed by atoms with Crippen molar-refractivity contribution in [3.8, 4) is 17.3 Å². The summed E-state index contributed by atoms with van der Waals surface area (Å²) in [6.07, 6.45) is 4.07. The van der Waals surface area contributed by atoms with E-state index in [1.165, 1.54) is 18.4 Å². The SMILES string of the molecule is COc1ncccc1-c1nc2ccc(C3CCN(C(C)CN)CC3)cc2[nH]1. The van der Waals surface area contributed by atoms with Crippen molar-refractivity contribution in [1.82, 2.24) is 19.9 Å². The highest BCUT2D eigenvalue weighted by Gasteiger charge is 2.23. The maximum atomic E-state index is 5.82. The number of rotatable bonds is 5. The molecule has 3 N–H and O–H groups in total. The molecule has 142 valence electrons. The number of imidazole rings is 1. The second-order valence-corrected chi connectivity index (χ2v) is 7.32. The van der Waals surface area contributed by atoms with Crippen LogP contribution in [0.3, 0.4) is 0 Å². The number of likely N-dealkylation sites (tertiary alicyclic amines) is 1. The van der Waals surface area contributed by atoms with Crippen molar-refractivity contribution in [2.45, 2.75) is 31.7 Å². The summed E-state index contributed by atoms with van der Waals surface area (Å²) in [7, 11) is 1.63. The number of aromatic amines is 1. The molecule has 1 saturated heterocycles. The van der Waals surface area contributed by atoms with Gasteiger partial charge in [-0.25, -0.2) is 9.97 Å². The highest BCUT2D eigenvalue weighted by atomic mass is 16.5. The second kappa shape index (κ2) is 7.66. The Labute approximate surface area is 159 Å². The third kappa shape index (κ3) is 3.55. The molecule has 2 aromatic heterocycles. The monoisotopic (exact) mass is 365 g/mol. The van der Waals surface area contributed by atoms with Crippen LogP contribution in [0.15, 0.2) is 36.5 Å². The number of aromatic nitrogens is 3. The van der Waals surface area contributed by atoms with E-state index in [-0.39, 0.29) is 0 Å². The number of methoxy groups -OCH3 is 1. The number of piperidine rings is 1. The Bertz CT molecular complexity index is 914. The average molecular weight is 365 g/mol. The van der Waals surface area contributed by atoms with Crippen LogP contribution in [0.2, 0.25) is 0 Å². The normalized spacial score (nSPS) is 17.3. The number of nitrogens with one attached hydrogen (secondary N) is 1. The third-order valence-corrected chi connectivity index (χ3v) is 5.69. The molecule has 1 aliphatic rings. The molecule has 3 aromatic rings. The van der Waals surface area contributed by atoms with Crippen LogP contribution in [-0.4, -0.2) is 52.6 Å². The van der Waals surface area contributed by atoms with E-state index in [2.05, 4.69) is 40.0 Å². The van der Waals surface area contributed by atoms with Gasteiger partial charge >= 0.3 is 0 Å². The third-order valence-electron chi connectivity index (χ3n) is 5.69. The summed E-state index contributed by atoms with van der Waals surface area (Å²) in [6, 6.07) is 10.9. The summed E-state index contributed by atoms with van der Waals surface area (Å²) >= 11 is 0. The van der Waals surface area contributed by atoms with Crippen LogP contribution in [0.5, 0.6) is 5.88 Å². The maximum Gasteiger partial charge on any atom is 0.224 e. The fourth-order valence-corrected chi connectivity index (χ4v) is 3.97. The van der Waals surface area contributed by atoms with Crippen molar-refractivity contribution in [1.29, 1.82) is 0 Å². The molecular formula is C21H27N5O. The van der Waals surface area contributed by atoms with Crippen molar-refractivity contribution in [3.63, 3.8) is 0 Å². The van der Waals surface area contributed by atoms with Gasteiger partial charge in [0, 0.05) is 18.8 Å². The molecule has 4 rings (SSSR count). The number of hydrogen-bond donors (Lipinski definition) is 2. The molecule has 27 heavy (non-hydrogen) atoms. The van der Waals surface area contributed by atoms with Crippen molar-refractivity contribution in [2.75, 3.05) is 26.7 Å². The zero-order chi connectivity index (χ0) is 18.8. The van der Waals surface area contributed by atoms with Gasteiger partial charge in [0.1, 0.15) is 5.82 Å². The molecule has 1 aromatic carbocycles. The summed E-state index contributed by atoms with van der Waals surface area (Å²) in [4.78, 5) is 14.9. The van der Waals surface area contributed by atoms with E-state index >= 15 is 0 Å². The molecule has 1 fully saturated rings. The molecule has 3 heterocycles. The molecule has 1 unspecified atom stereocenters. The first-order valence-corrected chi connectivity index (χ1v) is 9.62. The lowest BCUT2D eigenvalue weighted by Gasteiger charge is -2.35. The van der Waals surface area contributed by atoms with Crippen LogP contribution in [0.4, 0.5) is 0 Å². The molecule has 0 saturated carbocycles. The largest absolute Gasteiger partial charge is 0.480 e. The number of benzene rings is 1. The quantitative estimate of drug-likeness (QED) is 0.726. The van der Waals surface area contributed by atoms with Gasteiger partial charge in [0.2, 0.25) is 5.88 Å². The predicted molar refractivity (Wildman–Crippen MR) is 108 cm³/mol. The van der Waals surface area contributed by atoms with E-state index in [1.54, 1.807) is 13.3 Å². The molecule has 6 heteroatoms. The van der Waals surface area contributed by atoms with Gasteiger partial charge in [-0.2, -0.15) is 0 Å². The Balaban J connectivity index is 1.57. The summed E-state index contributed by atoms with van der Waals surface area (Å²) in [5, 5.41) is 0. The summed E-state index contributed by atoms with van der Waals surface area (Å²) in [6.45, 7) is 5.17.